The summed E-state index contributed by atoms with van der Waals surface area (Å²) in [6.45, 7) is 0. The molecular formula is C6H8N3O3. The zero-order valence-electron chi connectivity index (χ0n) is 6.46. The summed E-state index contributed by atoms with van der Waals surface area (Å²) in [7, 11) is 1.23. The third-order valence-electron chi connectivity index (χ3n) is 1.33. The van der Waals surface area contributed by atoms with E-state index in [1.165, 1.54) is 7.11 Å². The lowest BCUT2D eigenvalue weighted by atomic mass is 10.2. The fourth-order valence-electron chi connectivity index (χ4n) is 0.720. The number of hydrogen-bond donors (Lipinski definition) is 2. The van der Waals surface area contributed by atoms with Crippen molar-refractivity contribution in [2.45, 2.75) is 12.5 Å². The van der Waals surface area contributed by atoms with Crippen molar-refractivity contribution in [3.05, 3.63) is 0 Å². The lowest BCUT2D eigenvalue weighted by Crippen LogP contribution is -2.47. The van der Waals surface area contributed by atoms with E-state index in [2.05, 4.69) is 26.8 Å². The minimum absolute atomic E-state index is 0.265. The van der Waals surface area contributed by atoms with Gasteiger partial charge in [-0.05, 0) is 0 Å². The number of ether oxygens (including phenoxy) is 1. The van der Waals surface area contributed by atoms with E-state index in [4.69, 9.17) is 0 Å². The molecule has 0 aromatic rings. The van der Waals surface area contributed by atoms with E-state index in [0.29, 0.717) is 0 Å². The molecule has 0 saturated heterocycles. The highest BCUT2D eigenvalue weighted by molar-refractivity contribution is 5.90. The Labute approximate surface area is 69.0 Å². The monoisotopic (exact) mass is 170 g/mol. The molecule has 2 N–H and O–H groups in total. The zero-order chi connectivity index (χ0) is 8.97. The highest BCUT2D eigenvalue weighted by Gasteiger charge is 2.22. The van der Waals surface area contributed by atoms with Crippen LogP contribution in [0.3, 0.4) is 0 Å². The fraction of sp³-hybridized carbons (Fsp3) is 0.500. The van der Waals surface area contributed by atoms with Gasteiger partial charge in [0.1, 0.15) is 6.04 Å². The minimum atomic E-state index is -0.640. The van der Waals surface area contributed by atoms with Gasteiger partial charge in [-0.2, -0.15) is 5.10 Å². The van der Waals surface area contributed by atoms with Gasteiger partial charge >= 0.3 is 6.09 Å². The minimum Gasteiger partial charge on any atom is -0.453 e. The summed E-state index contributed by atoms with van der Waals surface area (Å²) in [4.78, 5) is 21.6. The standard InChI is InChI=1S/C6H8N3O3/c1-12-6(11)8-4-2-3-7-9-5(4)10/h4H,2H2,1H3,(H,8,11)(H,9,10). The van der Waals surface area contributed by atoms with Crippen LogP contribution in [0, 0.1) is 0 Å². The fourth-order valence-corrected chi connectivity index (χ4v) is 0.720. The number of alkyl carbamates (subject to hydrolysis) is 1. The lowest BCUT2D eigenvalue weighted by Gasteiger charge is -2.16. The predicted molar refractivity (Wildman–Crippen MR) is 39.5 cm³/mol. The largest absolute Gasteiger partial charge is 0.453 e. The van der Waals surface area contributed by atoms with Crippen LogP contribution in [0.15, 0.2) is 5.10 Å². The van der Waals surface area contributed by atoms with Crippen molar-refractivity contribution in [2.75, 3.05) is 7.11 Å². The van der Waals surface area contributed by atoms with E-state index in [1.54, 1.807) is 0 Å². The first-order chi connectivity index (χ1) is 5.74. The van der Waals surface area contributed by atoms with Crippen LogP contribution in [0.25, 0.3) is 0 Å². The molecular weight excluding hydrogens is 162 g/mol. The molecule has 6 heteroatoms. The maximum absolute atomic E-state index is 10.9. The van der Waals surface area contributed by atoms with Crippen molar-refractivity contribution >= 4 is 18.2 Å². The van der Waals surface area contributed by atoms with E-state index in [0.717, 1.165) is 0 Å². The number of amides is 2. The summed E-state index contributed by atoms with van der Waals surface area (Å²) >= 11 is 0. The molecule has 0 bridgehead atoms. The molecule has 1 aliphatic rings. The summed E-state index contributed by atoms with van der Waals surface area (Å²) in [5.74, 6) is -0.362. The first-order valence-electron chi connectivity index (χ1n) is 3.31. The SMILES string of the molecule is COC(=O)NC1C[C]=NNC1=O. The summed E-state index contributed by atoms with van der Waals surface area (Å²) in [5.41, 5.74) is 2.17. The second-order valence-corrected chi connectivity index (χ2v) is 2.14. The normalized spacial score (nSPS) is 21.4. The maximum atomic E-state index is 10.9. The van der Waals surface area contributed by atoms with Crippen LogP contribution in [-0.2, 0) is 9.53 Å². The van der Waals surface area contributed by atoms with Crippen LogP contribution in [0.2, 0.25) is 0 Å². The number of carbonyl (C=O) groups is 2. The van der Waals surface area contributed by atoms with Crippen molar-refractivity contribution in [3.8, 4) is 0 Å². The zero-order valence-corrected chi connectivity index (χ0v) is 6.46. The molecule has 0 aliphatic carbocycles. The quantitative estimate of drug-likeness (QED) is 0.534. The van der Waals surface area contributed by atoms with E-state index < -0.39 is 12.1 Å². The Morgan fingerprint density at radius 1 is 1.92 bits per heavy atom. The number of hydrazone groups is 1. The molecule has 0 aromatic heterocycles. The van der Waals surface area contributed by atoms with Crippen LogP contribution in [0.1, 0.15) is 6.42 Å². The molecule has 0 fully saturated rings. The lowest BCUT2D eigenvalue weighted by molar-refractivity contribution is -0.123. The molecule has 12 heavy (non-hydrogen) atoms. The summed E-state index contributed by atoms with van der Waals surface area (Å²) in [6, 6.07) is -0.630. The Morgan fingerprint density at radius 2 is 2.67 bits per heavy atom. The molecule has 1 unspecified atom stereocenters. The number of nitrogens with one attached hydrogen (secondary N) is 2. The van der Waals surface area contributed by atoms with Crippen LogP contribution >= 0.6 is 0 Å². The van der Waals surface area contributed by atoms with Crippen molar-refractivity contribution in [3.63, 3.8) is 0 Å². The van der Waals surface area contributed by atoms with Gasteiger partial charge in [0.2, 0.25) is 0 Å². The van der Waals surface area contributed by atoms with Gasteiger partial charge < -0.3 is 10.1 Å². The number of rotatable bonds is 1. The first kappa shape index (κ1) is 8.51. The summed E-state index contributed by atoms with van der Waals surface area (Å²) < 4.78 is 4.31. The van der Waals surface area contributed by atoms with Gasteiger partial charge in [-0.25, -0.2) is 10.2 Å². The Morgan fingerprint density at radius 3 is 3.25 bits per heavy atom. The van der Waals surface area contributed by atoms with Gasteiger partial charge in [0.15, 0.2) is 0 Å². The van der Waals surface area contributed by atoms with E-state index in [9.17, 15) is 9.59 Å². The van der Waals surface area contributed by atoms with E-state index >= 15 is 0 Å². The van der Waals surface area contributed by atoms with Gasteiger partial charge in [-0.1, -0.05) is 0 Å². The highest BCUT2D eigenvalue weighted by atomic mass is 16.5. The second kappa shape index (κ2) is 3.70. The van der Waals surface area contributed by atoms with Crippen molar-refractivity contribution in [1.29, 1.82) is 0 Å². The number of methoxy groups -OCH3 is 1. The molecule has 0 spiro atoms. The van der Waals surface area contributed by atoms with Crippen molar-refractivity contribution < 1.29 is 14.3 Å². The van der Waals surface area contributed by atoms with Crippen molar-refractivity contribution in [1.82, 2.24) is 10.7 Å². The number of carbonyl (C=O) groups excluding carboxylic acids is 2. The summed E-state index contributed by atoms with van der Waals surface area (Å²) in [6.07, 6.45) is 2.14. The Kier molecular flexibility index (Phi) is 2.62. The Hall–Kier alpha value is -1.59. The van der Waals surface area contributed by atoms with Gasteiger partial charge in [-0.3, -0.25) is 4.79 Å². The molecule has 1 rings (SSSR count). The van der Waals surface area contributed by atoms with Crippen LogP contribution < -0.4 is 10.7 Å². The summed E-state index contributed by atoms with van der Waals surface area (Å²) in [5, 5.41) is 5.72. The van der Waals surface area contributed by atoms with Gasteiger partial charge in [0.25, 0.3) is 5.91 Å². The Bertz CT molecular complexity index is 226. The molecule has 0 aromatic carbocycles. The molecule has 6 nitrogen and oxygen atoms in total. The van der Waals surface area contributed by atoms with Crippen LogP contribution in [0.4, 0.5) is 4.79 Å². The van der Waals surface area contributed by atoms with Crippen LogP contribution in [0.5, 0.6) is 0 Å². The first-order valence-corrected chi connectivity index (χ1v) is 3.31. The van der Waals surface area contributed by atoms with Gasteiger partial charge in [0, 0.05) is 6.42 Å². The molecule has 1 aliphatic heterocycles. The third kappa shape index (κ3) is 1.94. The van der Waals surface area contributed by atoms with Crippen LogP contribution in [-0.4, -0.2) is 31.4 Å². The molecule has 2 amide bonds. The van der Waals surface area contributed by atoms with E-state index in [1.807, 2.05) is 0 Å². The smallest absolute Gasteiger partial charge is 0.407 e. The highest BCUT2D eigenvalue weighted by Crippen LogP contribution is 1.94. The number of nitrogens with zero attached hydrogens (tertiary/aromatic N) is 1. The Balaban J connectivity index is 2.46. The molecule has 1 heterocycles. The maximum Gasteiger partial charge on any atom is 0.407 e. The molecule has 1 atom stereocenters. The van der Waals surface area contributed by atoms with E-state index in [-0.39, 0.29) is 12.3 Å². The molecule has 0 saturated carbocycles. The number of hydrogen-bond acceptors (Lipinski definition) is 4. The molecule has 1 radical (unpaired) electrons. The van der Waals surface area contributed by atoms with Gasteiger partial charge in [0.05, 0.1) is 13.3 Å². The predicted octanol–water partition coefficient (Wildman–Crippen LogP) is -0.906. The molecule has 65 valence electrons. The van der Waals surface area contributed by atoms with Crippen molar-refractivity contribution in [2.24, 2.45) is 5.10 Å². The second-order valence-electron chi connectivity index (χ2n) is 2.14. The topological polar surface area (TPSA) is 79.8 Å². The average Bonchev–Trinajstić information content (AvgIpc) is 2.09. The average molecular weight is 170 g/mol. The van der Waals surface area contributed by atoms with Gasteiger partial charge in [-0.15, -0.1) is 0 Å². The third-order valence-corrected chi connectivity index (χ3v) is 1.33.